The van der Waals surface area contributed by atoms with Crippen molar-refractivity contribution in [3.05, 3.63) is 12.2 Å². The minimum absolute atomic E-state index is 0.178. The summed E-state index contributed by atoms with van der Waals surface area (Å²) < 4.78 is 7.31. The summed E-state index contributed by atoms with van der Waals surface area (Å²) in [6.07, 6.45) is 2.59. The number of imidazole rings is 1. The van der Waals surface area contributed by atoms with Crippen molar-refractivity contribution < 1.29 is 4.74 Å². The van der Waals surface area contributed by atoms with Gasteiger partial charge in [0, 0.05) is 6.54 Å². The van der Waals surface area contributed by atoms with Crippen molar-refractivity contribution in [1.82, 2.24) is 19.5 Å². The van der Waals surface area contributed by atoms with Crippen LogP contribution in [0.4, 0.5) is 0 Å². The molecule has 2 rings (SSSR count). The molecule has 2 aromatic rings. The van der Waals surface area contributed by atoms with Crippen molar-refractivity contribution >= 4 is 22.8 Å². The maximum absolute atomic E-state index is 6.23. The minimum Gasteiger partial charge on any atom is -0.479 e. The molecule has 2 heterocycles. The van der Waals surface area contributed by atoms with Crippen LogP contribution in [-0.2, 0) is 6.54 Å². The van der Waals surface area contributed by atoms with Crippen molar-refractivity contribution in [2.75, 3.05) is 7.11 Å². The first-order valence-corrected chi connectivity index (χ1v) is 6.91. The van der Waals surface area contributed by atoms with Crippen LogP contribution in [-0.4, -0.2) is 26.6 Å². The summed E-state index contributed by atoms with van der Waals surface area (Å²) in [6, 6.07) is 0. The molecule has 2 atom stereocenters. The molecule has 0 saturated carbocycles. The Morgan fingerprint density at radius 1 is 1.37 bits per heavy atom. The Morgan fingerprint density at radius 3 is 2.68 bits per heavy atom. The van der Waals surface area contributed by atoms with Gasteiger partial charge in [-0.15, -0.1) is 11.6 Å². The molecule has 0 fully saturated rings. The maximum Gasteiger partial charge on any atom is 0.245 e. The van der Waals surface area contributed by atoms with Crippen LogP contribution in [0.5, 0.6) is 5.88 Å². The van der Waals surface area contributed by atoms with Crippen molar-refractivity contribution in [2.24, 2.45) is 5.92 Å². The standard InChI is InChI=1S/C13H19ClN4O/c1-5-8(2)6-18-11(9(3)14)17-10-12(18)15-7-16-13(10)19-4/h7-9H,5-6H2,1-4H3. The molecule has 0 bridgehead atoms. The smallest absolute Gasteiger partial charge is 0.245 e. The summed E-state index contributed by atoms with van der Waals surface area (Å²) in [4.78, 5) is 13.0. The lowest BCUT2D eigenvalue weighted by molar-refractivity contribution is 0.401. The Labute approximate surface area is 118 Å². The van der Waals surface area contributed by atoms with Crippen molar-refractivity contribution in [3.63, 3.8) is 0 Å². The third kappa shape index (κ3) is 2.66. The van der Waals surface area contributed by atoms with Gasteiger partial charge in [0.1, 0.15) is 12.2 Å². The molecule has 0 aliphatic carbocycles. The summed E-state index contributed by atoms with van der Waals surface area (Å²) in [5.41, 5.74) is 1.46. The Morgan fingerprint density at radius 2 is 2.11 bits per heavy atom. The average molecular weight is 283 g/mol. The van der Waals surface area contributed by atoms with E-state index < -0.39 is 0 Å². The van der Waals surface area contributed by atoms with Gasteiger partial charge in [-0.1, -0.05) is 20.3 Å². The van der Waals surface area contributed by atoms with Crippen LogP contribution in [0, 0.1) is 5.92 Å². The second-order valence-electron chi connectivity index (χ2n) is 4.77. The number of aromatic nitrogens is 4. The summed E-state index contributed by atoms with van der Waals surface area (Å²) >= 11 is 6.23. The number of alkyl halides is 1. The number of hydrogen-bond donors (Lipinski definition) is 0. The van der Waals surface area contributed by atoms with Gasteiger partial charge in [0.15, 0.2) is 11.2 Å². The predicted octanol–water partition coefficient (Wildman–Crippen LogP) is 3.18. The van der Waals surface area contributed by atoms with Gasteiger partial charge in [-0.05, 0) is 12.8 Å². The number of hydrogen-bond acceptors (Lipinski definition) is 4. The highest BCUT2D eigenvalue weighted by molar-refractivity contribution is 6.20. The van der Waals surface area contributed by atoms with E-state index in [9.17, 15) is 0 Å². The van der Waals surface area contributed by atoms with Gasteiger partial charge in [-0.2, -0.15) is 4.98 Å². The Kier molecular flexibility index (Phi) is 4.24. The summed E-state index contributed by atoms with van der Waals surface area (Å²) in [5.74, 6) is 1.84. The van der Waals surface area contributed by atoms with E-state index in [-0.39, 0.29) is 5.38 Å². The van der Waals surface area contributed by atoms with Crippen molar-refractivity contribution in [2.45, 2.75) is 39.1 Å². The van der Waals surface area contributed by atoms with Crippen LogP contribution in [0.15, 0.2) is 6.33 Å². The first kappa shape index (κ1) is 14.1. The van der Waals surface area contributed by atoms with E-state index in [1.165, 1.54) is 6.33 Å². The van der Waals surface area contributed by atoms with Gasteiger partial charge in [-0.3, -0.25) is 0 Å². The largest absolute Gasteiger partial charge is 0.479 e. The molecule has 2 aromatic heterocycles. The molecule has 0 aliphatic rings. The first-order chi connectivity index (χ1) is 9.08. The zero-order chi connectivity index (χ0) is 14.0. The lowest BCUT2D eigenvalue weighted by atomic mass is 10.1. The molecule has 0 amide bonds. The molecular formula is C13H19ClN4O. The van der Waals surface area contributed by atoms with Crippen molar-refractivity contribution in [3.8, 4) is 5.88 Å². The Bertz CT molecular complexity index is 567. The maximum atomic E-state index is 6.23. The molecule has 19 heavy (non-hydrogen) atoms. The van der Waals surface area contributed by atoms with Crippen LogP contribution in [0.2, 0.25) is 0 Å². The summed E-state index contributed by atoms with van der Waals surface area (Å²) in [6.45, 7) is 7.13. The number of rotatable bonds is 5. The lowest BCUT2D eigenvalue weighted by Crippen LogP contribution is -2.11. The molecule has 6 heteroatoms. The summed E-state index contributed by atoms with van der Waals surface area (Å²) in [5, 5.41) is -0.178. The molecule has 2 unspecified atom stereocenters. The number of fused-ring (bicyclic) bond motifs is 1. The second kappa shape index (κ2) is 5.74. The van der Waals surface area contributed by atoms with E-state index in [4.69, 9.17) is 16.3 Å². The second-order valence-corrected chi connectivity index (χ2v) is 5.42. The molecule has 0 saturated heterocycles. The fourth-order valence-electron chi connectivity index (χ4n) is 2.01. The normalized spacial score (nSPS) is 14.6. The number of halogens is 1. The molecule has 0 aromatic carbocycles. The highest BCUT2D eigenvalue weighted by Crippen LogP contribution is 2.28. The van der Waals surface area contributed by atoms with E-state index in [1.807, 2.05) is 6.92 Å². The van der Waals surface area contributed by atoms with Crippen LogP contribution >= 0.6 is 11.6 Å². The molecule has 0 radical (unpaired) electrons. The van der Waals surface area contributed by atoms with Crippen LogP contribution in [0.25, 0.3) is 11.2 Å². The SMILES string of the molecule is CCC(C)Cn1c(C(C)Cl)nc2c(OC)ncnc21. The molecule has 0 spiro atoms. The van der Waals surface area contributed by atoms with E-state index in [1.54, 1.807) is 7.11 Å². The third-order valence-corrected chi connectivity index (χ3v) is 3.46. The molecule has 5 nitrogen and oxygen atoms in total. The zero-order valence-corrected chi connectivity index (χ0v) is 12.5. The van der Waals surface area contributed by atoms with E-state index in [0.29, 0.717) is 17.3 Å². The van der Waals surface area contributed by atoms with E-state index >= 15 is 0 Å². The van der Waals surface area contributed by atoms with Gasteiger partial charge < -0.3 is 9.30 Å². The van der Waals surface area contributed by atoms with E-state index in [2.05, 4.69) is 33.4 Å². The minimum atomic E-state index is -0.178. The van der Waals surface area contributed by atoms with Crippen LogP contribution < -0.4 is 4.74 Å². The van der Waals surface area contributed by atoms with Gasteiger partial charge in [-0.25, -0.2) is 9.97 Å². The average Bonchev–Trinajstić information content (AvgIpc) is 2.77. The summed E-state index contributed by atoms with van der Waals surface area (Å²) in [7, 11) is 1.58. The molecular weight excluding hydrogens is 264 g/mol. The van der Waals surface area contributed by atoms with Gasteiger partial charge >= 0.3 is 0 Å². The predicted molar refractivity (Wildman–Crippen MR) is 75.6 cm³/mol. The first-order valence-electron chi connectivity index (χ1n) is 6.47. The number of ether oxygens (including phenoxy) is 1. The molecule has 104 valence electrons. The Hall–Kier alpha value is -1.36. The monoisotopic (exact) mass is 282 g/mol. The highest BCUT2D eigenvalue weighted by atomic mass is 35.5. The fraction of sp³-hybridized carbons (Fsp3) is 0.615. The molecule has 0 N–H and O–H groups in total. The zero-order valence-electron chi connectivity index (χ0n) is 11.7. The third-order valence-electron chi connectivity index (χ3n) is 3.27. The quantitative estimate of drug-likeness (QED) is 0.791. The van der Waals surface area contributed by atoms with Gasteiger partial charge in [0.25, 0.3) is 0 Å². The molecule has 0 aliphatic heterocycles. The van der Waals surface area contributed by atoms with E-state index in [0.717, 1.165) is 24.4 Å². The fourth-order valence-corrected chi connectivity index (χ4v) is 2.17. The van der Waals surface area contributed by atoms with Gasteiger partial charge in [0.05, 0.1) is 12.5 Å². The lowest BCUT2D eigenvalue weighted by Gasteiger charge is -2.14. The number of methoxy groups -OCH3 is 1. The van der Waals surface area contributed by atoms with Crippen LogP contribution in [0.1, 0.15) is 38.4 Å². The van der Waals surface area contributed by atoms with Gasteiger partial charge in [0.2, 0.25) is 5.88 Å². The highest BCUT2D eigenvalue weighted by Gasteiger charge is 2.20. The van der Waals surface area contributed by atoms with Crippen molar-refractivity contribution in [1.29, 1.82) is 0 Å². The topological polar surface area (TPSA) is 52.8 Å². The van der Waals surface area contributed by atoms with Crippen LogP contribution in [0.3, 0.4) is 0 Å². The Balaban J connectivity index is 2.60. The number of nitrogens with zero attached hydrogens (tertiary/aromatic N) is 4.